The van der Waals surface area contributed by atoms with Crippen LogP contribution in [-0.2, 0) is 0 Å². The zero-order chi connectivity index (χ0) is 19.4. The van der Waals surface area contributed by atoms with Crippen LogP contribution < -0.4 is 15.2 Å². The van der Waals surface area contributed by atoms with Crippen molar-refractivity contribution in [1.29, 1.82) is 5.26 Å². The third-order valence-electron chi connectivity index (χ3n) is 4.24. The summed E-state index contributed by atoms with van der Waals surface area (Å²) < 4.78 is 11.1. The summed E-state index contributed by atoms with van der Waals surface area (Å²) in [5.41, 5.74) is 8.92. The zero-order valence-corrected chi connectivity index (χ0v) is 15.0. The van der Waals surface area contributed by atoms with E-state index < -0.39 is 0 Å². The summed E-state index contributed by atoms with van der Waals surface area (Å²) in [4.78, 5) is 13.2. The largest absolute Gasteiger partial charge is 0.496 e. The second-order valence-electron chi connectivity index (χ2n) is 5.84. The molecule has 0 saturated heterocycles. The molecule has 134 valence electrons. The molecule has 0 fully saturated rings. The van der Waals surface area contributed by atoms with Crippen molar-refractivity contribution in [2.75, 3.05) is 20.0 Å². The maximum absolute atomic E-state index is 13.2. The lowest BCUT2D eigenvalue weighted by Crippen LogP contribution is -2.10. The van der Waals surface area contributed by atoms with E-state index in [0.29, 0.717) is 28.2 Å². The smallest absolute Gasteiger partial charge is 0.198 e. The van der Waals surface area contributed by atoms with Gasteiger partial charge in [-0.1, -0.05) is 42.5 Å². The summed E-state index contributed by atoms with van der Waals surface area (Å²) >= 11 is 0. The lowest BCUT2D eigenvalue weighted by molar-refractivity contribution is 0.103. The van der Waals surface area contributed by atoms with Crippen LogP contribution in [-0.4, -0.2) is 20.0 Å². The molecule has 0 aliphatic heterocycles. The lowest BCUT2D eigenvalue weighted by atomic mass is 9.93. The summed E-state index contributed by atoms with van der Waals surface area (Å²) in [7, 11) is 3.03. The Morgan fingerprint density at radius 1 is 1.00 bits per heavy atom. The summed E-state index contributed by atoms with van der Waals surface area (Å²) in [5, 5.41) is 9.10. The van der Waals surface area contributed by atoms with E-state index >= 15 is 0 Å². The normalized spacial score (nSPS) is 10.1. The Hall–Kier alpha value is -3.78. The van der Waals surface area contributed by atoms with E-state index in [4.69, 9.17) is 20.5 Å². The highest BCUT2D eigenvalue weighted by Crippen LogP contribution is 2.44. The summed E-state index contributed by atoms with van der Waals surface area (Å²) in [5.74, 6) is 0.532. The van der Waals surface area contributed by atoms with Crippen LogP contribution in [0.3, 0.4) is 0 Å². The lowest BCUT2D eigenvalue weighted by Gasteiger charge is -2.19. The first-order chi connectivity index (χ1) is 13.1. The molecule has 2 N–H and O–H groups in total. The first-order valence-electron chi connectivity index (χ1n) is 8.25. The molecule has 0 unspecified atom stereocenters. The van der Waals surface area contributed by atoms with Crippen molar-refractivity contribution in [3.05, 3.63) is 77.4 Å². The molecule has 5 nitrogen and oxygen atoms in total. The van der Waals surface area contributed by atoms with Crippen LogP contribution in [0.1, 0.15) is 21.5 Å². The molecule has 0 radical (unpaired) electrons. The molecule has 3 aromatic carbocycles. The quantitative estimate of drug-likeness (QED) is 0.549. The number of methoxy groups -OCH3 is 2. The van der Waals surface area contributed by atoms with E-state index in [2.05, 4.69) is 0 Å². The summed E-state index contributed by atoms with van der Waals surface area (Å²) in [6.45, 7) is 0. The minimum absolute atomic E-state index is 0.243. The Bertz CT molecular complexity index is 1040. The van der Waals surface area contributed by atoms with Crippen molar-refractivity contribution >= 4 is 11.5 Å². The van der Waals surface area contributed by atoms with E-state index in [1.54, 1.807) is 31.4 Å². The van der Waals surface area contributed by atoms with Crippen molar-refractivity contribution in [2.24, 2.45) is 0 Å². The van der Waals surface area contributed by atoms with Gasteiger partial charge in [-0.3, -0.25) is 4.79 Å². The van der Waals surface area contributed by atoms with Gasteiger partial charge in [0.2, 0.25) is 0 Å². The third-order valence-corrected chi connectivity index (χ3v) is 4.24. The number of ketones is 1. The minimum Gasteiger partial charge on any atom is -0.496 e. The maximum Gasteiger partial charge on any atom is 0.198 e. The molecule has 0 heterocycles. The van der Waals surface area contributed by atoms with Crippen LogP contribution in [0.25, 0.3) is 11.1 Å². The number of hydrogen-bond acceptors (Lipinski definition) is 5. The second-order valence-corrected chi connectivity index (χ2v) is 5.84. The van der Waals surface area contributed by atoms with Gasteiger partial charge in [0.05, 0.1) is 42.7 Å². The Morgan fingerprint density at radius 2 is 1.74 bits per heavy atom. The minimum atomic E-state index is -0.318. The molecular formula is C22H18N2O3. The Balaban J connectivity index is 2.27. The summed E-state index contributed by atoms with van der Waals surface area (Å²) in [6.07, 6.45) is 0. The van der Waals surface area contributed by atoms with E-state index in [-0.39, 0.29) is 17.0 Å². The van der Waals surface area contributed by atoms with Gasteiger partial charge in [0, 0.05) is 11.6 Å². The van der Waals surface area contributed by atoms with Gasteiger partial charge in [0.15, 0.2) is 5.78 Å². The number of ether oxygens (including phenoxy) is 2. The molecule has 5 heteroatoms. The molecule has 0 aliphatic carbocycles. The van der Waals surface area contributed by atoms with Crippen molar-refractivity contribution in [3.8, 4) is 28.7 Å². The third kappa shape index (κ3) is 3.33. The van der Waals surface area contributed by atoms with Crippen LogP contribution in [0.2, 0.25) is 0 Å². The van der Waals surface area contributed by atoms with Gasteiger partial charge in [0.25, 0.3) is 0 Å². The number of nitrogen functional groups attached to an aromatic ring is 1. The van der Waals surface area contributed by atoms with Crippen molar-refractivity contribution in [2.45, 2.75) is 0 Å². The van der Waals surface area contributed by atoms with Crippen LogP contribution >= 0.6 is 0 Å². The number of benzene rings is 3. The highest BCUT2D eigenvalue weighted by molar-refractivity contribution is 6.15. The fraction of sp³-hybridized carbons (Fsp3) is 0.0909. The molecule has 0 amide bonds. The van der Waals surface area contributed by atoms with Crippen LogP contribution in [0.15, 0.2) is 60.7 Å². The number of hydrogen-bond donors (Lipinski definition) is 1. The number of rotatable bonds is 5. The Morgan fingerprint density at radius 3 is 2.37 bits per heavy atom. The number of nitrogens with zero attached hydrogens (tertiary/aromatic N) is 1. The molecule has 0 saturated carbocycles. The molecule has 0 bridgehead atoms. The average molecular weight is 358 g/mol. The zero-order valence-electron chi connectivity index (χ0n) is 15.0. The van der Waals surface area contributed by atoms with Crippen molar-refractivity contribution < 1.29 is 14.3 Å². The van der Waals surface area contributed by atoms with E-state index in [0.717, 1.165) is 5.56 Å². The van der Waals surface area contributed by atoms with Gasteiger partial charge in [-0.05, 0) is 17.7 Å². The van der Waals surface area contributed by atoms with Crippen molar-refractivity contribution in [3.63, 3.8) is 0 Å². The first-order valence-corrected chi connectivity index (χ1v) is 8.25. The topological polar surface area (TPSA) is 85.3 Å². The molecular weight excluding hydrogens is 340 g/mol. The number of anilines is 1. The highest BCUT2D eigenvalue weighted by atomic mass is 16.5. The van der Waals surface area contributed by atoms with Gasteiger partial charge in [-0.2, -0.15) is 5.26 Å². The van der Waals surface area contributed by atoms with Gasteiger partial charge < -0.3 is 15.2 Å². The fourth-order valence-corrected chi connectivity index (χ4v) is 3.01. The van der Waals surface area contributed by atoms with Crippen LogP contribution in [0.5, 0.6) is 11.5 Å². The van der Waals surface area contributed by atoms with Gasteiger partial charge >= 0.3 is 0 Å². The van der Waals surface area contributed by atoms with Gasteiger partial charge in [-0.15, -0.1) is 0 Å². The van der Waals surface area contributed by atoms with Gasteiger partial charge in [0.1, 0.15) is 11.5 Å². The monoisotopic (exact) mass is 358 g/mol. The number of carbonyl (C=O) groups is 1. The Kier molecular flexibility index (Phi) is 5.09. The molecule has 3 rings (SSSR count). The molecule has 0 atom stereocenters. The second kappa shape index (κ2) is 7.63. The first kappa shape index (κ1) is 18.0. The van der Waals surface area contributed by atoms with E-state index in [9.17, 15) is 4.79 Å². The average Bonchev–Trinajstić information content (AvgIpc) is 2.72. The van der Waals surface area contributed by atoms with Crippen LogP contribution in [0, 0.1) is 11.3 Å². The Labute approximate surface area is 157 Å². The molecule has 0 aromatic heterocycles. The molecule has 3 aromatic rings. The number of nitrogens with two attached hydrogens (primary N) is 1. The van der Waals surface area contributed by atoms with Gasteiger partial charge in [-0.25, -0.2) is 0 Å². The molecule has 0 aliphatic rings. The van der Waals surface area contributed by atoms with Crippen molar-refractivity contribution in [1.82, 2.24) is 0 Å². The number of nitriles is 1. The number of carbonyl (C=O) groups excluding carboxylic acids is 1. The van der Waals surface area contributed by atoms with E-state index in [1.165, 1.54) is 13.2 Å². The van der Waals surface area contributed by atoms with Crippen LogP contribution in [0.4, 0.5) is 5.69 Å². The maximum atomic E-state index is 13.2. The standard InChI is InChI=1S/C22H18N2O3/c1-26-18-12-17(24)20(21(25)16-10-6-7-14(11-16)13-23)22(27-2)19(18)15-8-4-3-5-9-15/h3-12H,24H2,1-2H3. The fourth-order valence-electron chi connectivity index (χ4n) is 3.01. The predicted octanol–water partition coefficient (Wildman–Crippen LogP) is 4.06. The SMILES string of the molecule is COc1cc(N)c(C(=O)c2cccc(C#N)c2)c(OC)c1-c1ccccc1. The molecule has 27 heavy (non-hydrogen) atoms. The molecule has 0 spiro atoms. The van der Waals surface area contributed by atoms with E-state index in [1.807, 2.05) is 36.4 Å². The summed E-state index contributed by atoms with van der Waals surface area (Å²) in [6, 6.07) is 19.6. The highest BCUT2D eigenvalue weighted by Gasteiger charge is 2.25. The predicted molar refractivity (Wildman–Crippen MR) is 104 cm³/mol.